The second kappa shape index (κ2) is 11.5. The molecule has 8 heavy (non-hydrogen) atoms. The lowest BCUT2D eigenvalue weighted by Crippen LogP contribution is -2.08. The van der Waals surface area contributed by atoms with Crippen molar-refractivity contribution in [1.82, 2.24) is 4.90 Å². The minimum atomic E-state index is 0.0417. The van der Waals surface area contributed by atoms with Crippen LogP contribution in [0, 0.1) is 6.92 Å². The Bertz CT molecular complexity index is 35.2. The van der Waals surface area contributed by atoms with Gasteiger partial charge in [-0.3, -0.25) is 25.8 Å². The molecule has 0 aromatic carbocycles. The highest BCUT2D eigenvalue weighted by atomic mass is 79.9. The average Bonchev–Trinajstić information content (AvgIpc) is 1.69. The molecule has 0 fully saturated rings. The summed E-state index contributed by atoms with van der Waals surface area (Å²) in [4.78, 5) is 2.01. The van der Waals surface area contributed by atoms with Crippen molar-refractivity contribution in [3.8, 4) is 0 Å². The maximum atomic E-state index is 3.61. The Morgan fingerprint density at radius 3 is 1.62 bits per heavy atom. The maximum absolute atomic E-state index is 3.61. The molecule has 0 heterocycles. The molecule has 0 aromatic rings. The quantitative estimate of drug-likeness (QED) is 0.645. The molecule has 0 N–H and O–H groups in total. The molecular formula is C4H10Br2MgN. The van der Waals surface area contributed by atoms with Gasteiger partial charge in [0, 0.05) is 0 Å². The highest BCUT2D eigenvalue weighted by Crippen LogP contribution is 1.77. The minimum absolute atomic E-state index is 0.0417. The summed E-state index contributed by atoms with van der Waals surface area (Å²) < 4.78 is 0. The van der Waals surface area contributed by atoms with Crippen molar-refractivity contribution < 1.29 is 0 Å². The van der Waals surface area contributed by atoms with E-state index in [4.69, 9.17) is 0 Å². The number of rotatable bonds is 1. The summed E-state index contributed by atoms with van der Waals surface area (Å²) in [6.45, 7) is 4.50. The van der Waals surface area contributed by atoms with Crippen LogP contribution in [0.2, 0.25) is 0 Å². The van der Waals surface area contributed by atoms with Gasteiger partial charge in [0.15, 0.2) is 0 Å². The summed E-state index contributed by atoms with van der Waals surface area (Å²) in [7, 11) is 3.99. The lowest BCUT2D eigenvalue weighted by atomic mass is 10.7. The van der Waals surface area contributed by atoms with Gasteiger partial charge in [-0.25, -0.2) is 0 Å². The molecule has 47 valence electrons. The van der Waals surface area contributed by atoms with Crippen molar-refractivity contribution in [2.24, 2.45) is 0 Å². The van der Waals surface area contributed by atoms with E-state index in [-0.39, 0.29) is 16.0 Å². The van der Waals surface area contributed by atoms with Gasteiger partial charge >= 0.3 is 16.0 Å². The zero-order valence-electron chi connectivity index (χ0n) is 5.32. The van der Waals surface area contributed by atoms with Crippen LogP contribution in [0.4, 0.5) is 0 Å². The van der Waals surface area contributed by atoms with E-state index in [0.29, 0.717) is 0 Å². The van der Waals surface area contributed by atoms with Crippen molar-refractivity contribution in [1.29, 1.82) is 0 Å². The number of nitrogens with zero attached hydrogens (tertiary/aromatic N) is 1. The van der Waals surface area contributed by atoms with Crippen molar-refractivity contribution in [3.63, 3.8) is 0 Å². The summed E-state index contributed by atoms with van der Waals surface area (Å²) in [5.41, 5.74) is 0. The van der Waals surface area contributed by atoms with Gasteiger partial charge in [-0.2, -0.15) is 0 Å². The molecule has 0 atom stereocenters. The second-order valence-corrected chi connectivity index (χ2v) is 9.49. The lowest BCUT2D eigenvalue weighted by Gasteiger charge is -1.99. The summed E-state index contributed by atoms with van der Waals surface area (Å²) in [5.74, 6) is 0. The van der Waals surface area contributed by atoms with Crippen LogP contribution >= 0.6 is 25.8 Å². The molecule has 0 amide bonds. The van der Waals surface area contributed by atoms with Gasteiger partial charge in [0.05, 0.1) is 0 Å². The molecule has 0 rings (SSSR count). The third-order valence-electron chi connectivity index (χ3n) is 0.447. The van der Waals surface area contributed by atoms with Gasteiger partial charge in [0.1, 0.15) is 0 Å². The first kappa shape index (κ1) is 12.4. The Morgan fingerprint density at radius 1 is 1.50 bits per heavy atom. The average molecular weight is 256 g/mol. The Morgan fingerprint density at radius 2 is 1.62 bits per heavy atom. The van der Waals surface area contributed by atoms with Crippen LogP contribution in [-0.2, 0) is 0 Å². The van der Waals surface area contributed by atoms with Gasteiger partial charge in [0.25, 0.3) is 0 Å². The van der Waals surface area contributed by atoms with E-state index in [1.807, 2.05) is 19.0 Å². The fraction of sp³-hybridized carbons (Fsp3) is 0.750. The molecule has 1 nitrogen and oxygen atoms in total. The summed E-state index contributed by atoms with van der Waals surface area (Å²) >= 11 is 6.44. The zero-order valence-corrected chi connectivity index (χ0v) is 9.91. The Balaban J connectivity index is 0. The van der Waals surface area contributed by atoms with Crippen molar-refractivity contribution in [3.05, 3.63) is 6.92 Å². The molecule has 0 saturated heterocycles. The predicted molar refractivity (Wildman–Crippen MR) is 47.5 cm³/mol. The largest absolute Gasteiger partial charge is 0.560 e. The molecule has 0 aliphatic rings. The summed E-state index contributed by atoms with van der Waals surface area (Å²) in [6, 6.07) is 0. The first-order valence-electron chi connectivity index (χ1n) is 2.25. The van der Waals surface area contributed by atoms with Crippen LogP contribution in [-0.4, -0.2) is 41.6 Å². The van der Waals surface area contributed by atoms with Gasteiger partial charge < -0.3 is 4.90 Å². The van der Waals surface area contributed by atoms with Crippen LogP contribution in [0.25, 0.3) is 0 Å². The third-order valence-corrected chi connectivity index (χ3v) is 0.447. The molecule has 1 radical (unpaired) electrons. The molecule has 0 bridgehead atoms. The topological polar surface area (TPSA) is 3.24 Å². The fourth-order valence-electron chi connectivity index (χ4n) is 0. The molecule has 0 aliphatic heterocycles. The van der Waals surface area contributed by atoms with E-state index in [0.717, 1.165) is 6.54 Å². The Hall–Kier alpha value is 1.69. The van der Waals surface area contributed by atoms with E-state index in [9.17, 15) is 0 Å². The smallest absolute Gasteiger partial charge is 0.309 e. The first-order valence-corrected chi connectivity index (χ1v) is 10.0. The Labute approximate surface area is 73.7 Å². The lowest BCUT2D eigenvalue weighted by molar-refractivity contribution is 0.455. The number of halogens is 2. The van der Waals surface area contributed by atoms with Crippen LogP contribution in [0.3, 0.4) is 0 Å². The monoisotopic (exact) mass is 254 g/mol. The van der Waals surface area contributed by atoms with Gasteiger partial charge in [-0.1, -0.05) is 0 Å². The molecule has 0 aromatic heterocycles. The molecule has 4 heteroatoms. The van der Waals surface area contributed by atoms with Crippen LogP contribution < -0.4 is 0 Å². The van der Waals surface area contributed by atoms with Gasteiger partial charge in [-0.15, -0.1) is 0 Å². The van der Waals surface area contributed by atoms with Crippen LogP contribution in [0.15, 0.2) is 0 Å². The molecular weight excluding hydrogens is 246 g/mol. The first-order chi connectivity index (χ1) is 3.68. The SMILES string of the molecule is [Br][Mg][Br].[CH2]CN(C)C. The maximum Gasteiger partial charge on any atom is 0.560 e. The summed E-state index contributed by atoms with van der Waals surface area (Å²) in [5, 5.41) is 0. The van der Waals surface area contributed by atoms with E-state index in [1.54, 1.807) is 0 Å². The van der Waals surface area contributed by atoms with E-state index >= 15 is 0 Å². The van der Waals surface area contributed by atoms with E-state index in [2.05, 4.69) is 32.7 Å². The van der Waals surface area contributed by atoms with Crippen LogP contribution in [0.5, 0.6) is 0 Å². The van der Waals surface area contributed by atoms with E-state index in [1.165, 1.54) is 0 Å². The minimum Gasteiger partial charge on any atom is -0.309 e. The third kappa shape index (κ3) is 25.3. The molecule has 0 saturated carbocycles. The predicted octanol–water partition coefficient (Wildman–Crippen LogP) is 1.69. The fourth-order valence-corrected chi connectivity index (χ4v) is 0. The van der Waals surface area contributed by atoms with E-state index < -0.39 is 0 Å². The van der Waals surface area contributed by atoms with Gasteiger partial charge in [0.2, 0.25) is 0 Å². The highest BCUT2D eigenvalue weighted by Gasteiger charge is 1.72. The molecule has 0 unspecified atom stereocenters. The molecule has 0 aliphatic carbocycles. The van der Waals surface area contributed by atoms with Crippen LogP contribution in [0.1, 0.15) is 0 Å². The van der Waals surface area contributed by atoms with Crippen molar-refractivity contribution >= 4 is 41.8 Å². The zero-order chi connectivity index (χ0) is 6.99. The normalized spacial score (nSPS) is 7.25. The van der Waals surface area contributed by atoms with Crippen molar-refractivity contribution in [2.45, 2.75) is 0 Å². The standard InChI is InChI=1S/C4H10N.2BrH.Mg/c1-4-5(2)3;;;/h1,4H2,2-3H3;2*1H;/q;;;+2/p-2. The second-order valence-electron chi connectivity index (χ2n) is 1.40. The summed E-state index contributed by atoms with van der Waals surface area (Å²) in [6.07, 6.45) is 0. The Kier molecular flexibility index (Phi) is 17.7. The van der Waals surface area contributed by atoms with Crippen molar-refractivity contribution in [2.75, 3.05) is 20.6 Å². The highest BCUT2D eigenvalue weighted by molar-refractivity contribution is 9.47. The van der Waals surface area contributed by atoms with Gasteiger partial charge in [-0.05, 0) is 27.6 Å². The number of hydrogen-bond donors (Lipinski definition) is 0. The molecule has 0 spiro atoms. The number of hydrogen-bond acceptors (Lipinski definition) is 1.